The summed E-state index contributed by atoms with van der Waals surface area (Å²) in [5.41, 5.74) is 2.17. The van der Waals surface area contributed by atoms with E-state index < -0.39 is 41.3 Å². The third kappa shape index (κ3) is 13.9. The van der Waals surface area contributed by atoms with E-state index >= 15 is 4.39 Å². The lowest BCUT2D eigenvalue weighted by atomic mass is 9.97. The molecule has 4 rings (SSSR count). The van der Waals surface area contributed by atoms with Gasteiger partial charge in [-0.15, -0.1) is 0 Å². The van der Waals surface area contributed by atoms with Crippen LogP contribution in [0.25, 0.3) is 10.8 Å². The average molecular weight is 832 g/mol. The molecule has 0 saturated carbocycles. The number of esters is 1. The Morgan fingerprint density at radius 3 is 2.05 bits per heavy atom. The number of imide groups is 1. The van der Waals surface area contributed by atoms with Gasteiger partial charge in [-0.25, -0.2) is 23.8 Å². The lowest BCUT2D eigenvalue weighted by molar-refractivity contribution is -0.139. The molecule has 0 saturated heterocycles. The number of benzene rings is 3. The van der Waals surface area contributed by atoms with Gasteiger partial charge in [-0.2, -0.15) is 4.90 Å². The zero-order chi connectivity index (χ0) is 44.9. The van der Waals surface area contributed by atoms with Crippen molar-refractivity contribution in [3.8, 4) is 0 Å². The highest BCUT2D eigenvalue weighted by atomic mass is 19.1. The molecule has 4 amide bonds. The topological polar surface area (TPSA) is 166 Å². The van der Waals surface area contributed by atoms with E-state index in [-0.39, 0.29) is 54.5 Å². The molecular formula is C45H58FN5O9. The summed E-state index contributed by atoms with van der Waals surface area (Å²) in [6.45, 7) is 17.8. The van der Waals surface area contributed by atoms with Gasteiger partial charge in [0.1, 0.15) is 17.0 Å². The number of hydrogen-bond acceptors (Lipinski definition) is 11. The Kier molecular flexibility index (Phi) is 17.0. The summed E-state index contributed by atoms with van der Waals surface area (Å²) in [7, 11) is 2.86. The van der Waals surface area contributed by atoms with E-state index in [4.69, 9.17) is 18.9 Å². The Balaban J connectivity index is 0.00000473. The standard InChI is InChI=1S/C43H52FN5O9.C2H6/c1-26-13-11-12-14-32(26)27(2)25-56-39(52)47-31-16-15-28(20-37(51)55-10)29(19-31)24-48(9)36(50)23-45-30-17-18-33-34(21-30)35(44)22-46-38(33)49(40(53)57-42(3,4)5)41(54)58-43(6,7)8;1-2/h11-19,21-22,27,45H,20,23-25H2,1-10H3,(H,47,52);1-2H3. The molecule has 324 valence electrons. The fourth-order valence-electron chi connectivity index (χ4n) is 5.84. The van der Waals surface area contributed by atoms with Crippen LogP contribution in [-0.4, -0.2) is 78.6 Å². The molecule has 60 heavy (non-hydrogen) atoms. The molecule has 1 unspecified atom stereocenters. The fraction of sp³-hybridized carbons (Fsp3) is 0.422. The second-order valence-corrected chi connectivity index (χ2v) is 15.8. The molecule has 0 bridgehead atoms. The van der Waals surface area contributed by atoms with Crippen molar-refractivity contribution in [3.05, 3.63) is 94.9 Å². The normalized spacial score (nSPS) is 11.6. The zero-order valence-electron chi connectivity index (χ0n) is 36.7. The summed E-state index contributed by atoms with van der Waals surface area (Å²) in [5.74, 6) is -1.81. The van der Waals surface area contributed by atoms with Crippen molar-refractivity contribution < 1.29 is 47.3 Å². The summed E-state index contributed by atoms with van der Waals surface area (Å²) in [5, 5.41) is 5.84. The maximum absolute atomic E-state index is 15.3. The number of aryl methyl sites for hydroxylation is 1. The number of pyridine rings is 1. The Bertz CT molecular complexity index is 2140. The van der Waals surface area contributed by atoms with E-state index in [2.05, 4.69) is 15.6 Å². The highest BCUT2D eigenvalue weighted by Gasteiger charge is 2.35. The number of halogens is 1. The van der Waals surface area contributed by atoms with Gasteiger partial charge in [0.15, 0.2) is 5.82 Å². The van der Waals surface area contributed by atoms with Crippen molar-refractivity contribution in [1.29, 1.82) is 0 Å². The molecule has 0 fully saturated rings. The van der Waals surface area contributed by atoms with Crippen LogP contribution in [0.3, 0.4) is 0 Å². The van der Waals surface area contributed by atoms with Crippen molar-refractivity contribution in [3.63, 3.8) is 0 Å². The number of fused-ring (bicyclic) bond motifs is 1. The fourth-order valence-corrected chi connectivity index (χ4v) is 5.84. The van der Waals surface area contributed by atoms with E-state index in [1.165, 1.54) is 24.1 Å². The molecule has 0 radical (unpaired) electrons. The molecule has 0 aliphatic rings. The van der Waals surface area contributed by atoms with Crippen LogP contribution in [0.2, 0.25) is 0 Å². The summed E-state index contributed by atoms with van der Waals surface area (Å²) in [4.78, 5) is 71.1. The molecule has 1 aromatic heterocycles. The molecule has 0 spiro atoms. The van der Waals surface area contributed by atoms with E-state index in [0.29, 0.717) is 27.4 Å². The number of amides is 4. The largest absolute Gasteiger partial charge is 0.469 e. The number of anilines is 3. The summed E-state index contributed by atoms with van der Waals surface area (Å²) < 4.78 is 36.6. The van der Waals surface area contributed by atoms with Crippen molar-refractivity contribution >= 4 is 58.1 Å². The number of nitrogens with zero attached hydrogens (tertiary/aromatic N) is 3. The maximum atomic E-state index is 15.3. The van der Waals surface area contributed by atoms with Gasteiger partial charge < -0.3 is 29.2 Å². The minimum Gasteiger partial charge on any atom is -0.469 e. The predicted octanol–water partition coefficient (Wildman–Crippen LogP) is 9.52. The van der Waals surface area contributed by atoms with Gasteiger partial charge in [-0.05, 0) is 101 Å². The zero-order valence-corrected chi connectivity index (χ0v) is 36.7. The van der Waals surface area contributed by atoms with Gasteiger partial charge in [0.2, 0.25) is 5.91 Å². The van der Waals surface area contributed by atoms with Crippen molar-refractivity contribution in [2.24, 2.45) is 0 Å². The number of methoxy groups -OCH3 is 1. The SMILES string of the molecule is CC.COC(=O)Cc1ccc(NC(=O)OCC(C)c2ccccc2C)cc1CN(C)C(=O)CNc1ccc2c(N(C(=O)OC(C)(C)C)C(=O)OC(C)(C)C)ncc(F)c2c1. The average Bonchev–Trinajstić information content (AvgIpc) is 3.17. The molecular weight excluding hydrogens is 774 g/mol. The first-order valence-corrected chi connectivity index (χ1v) is 19.7. The number of aromatic nitrogens is 1. The van der Waals surface area contributed by atoms with Crippen LogP contribution in [-0.2, 0) is 41.5 Å². The molecule has 1 atom stereocenters. The van der Waals surface area contributed by atoms with Gasteiger partial charge in [0.25, 0.3) is 0 Å². The lowest BCUT2D eigenvalue weighted by Gasteiger charge is -2.28. The number of carbonyl (C=O) groups is 5. The summed E-state index contributed by atoms with van der Waals surface area (Å²) in [6, 6.07) is 17.3. The highest BCUT2D eigenvalue weighted by molar-refractivity contribution is 6.14. The molecule has 0 aliphatic carbocycles. The first-order chi connectivity index (χ1) is 28.1. The highest BCUT2D eigenvalue weighted by Crippen LogP contribution is 2.31. The summed E-state index contributed by atoms with van der Waals surface area (Å²) in [6.07, 6.45) is -1.96. The van der Waals surface area contributed by atoms with Gasteiger partial charge >= 0.3 is 24.2 Å². The third-order valence-corrected chi connectivity index (χ3v) is 8.66. The predicted molar refractivity (Wildman–Crippen MR) is 230 cm³/mol. The minimum atomic E-state index is -1.06. The van der Waals surface area contributed by atoms with Crippen LogP contribution in [0.4, 0.5) is 36.0 Å². The second-order valence-electron chi connectivity index (χ2n) is 15.8. The van der Waals surface area contributed by atoms with E-state index in [1.807, 2.05) is 52.0 Å². The van der Waals surface area contributed by atoms with Crippen LogP contribution in [0.15, 0.2) is 66.9 Å². The van der Waals surface area contributed by atoms with Gasteiger partial charge in [0.05, 0.1) is 32.9 Å². The van der Waals surface area contributed by atoms with Crippen LogP contribution >= 0.6 is 0 Å². The molecule has 15 heteroatoms. The Morgan fingerprint density at radius 1 is 0.833 bits per heavy atom. The Hall–Kier alpha value is -6.25. The van der Waals surface area contributed by atoms with E-state index in [9.17, 15) is 24.0 Å². The molecule has 2 N–H and O–H groups in total. The molecule has 14 nitrogen and oxygen atoms in total. The molecule has 0 aliphatic heterocycles. The van der Waals surface area contributed by atoms with Crippen LogP contribution < -0.4 is 15.5 Å². The number of nitrogens with one attached hydrogen (secondary N) is 2. The van der Waals surface area contributed by atoms with Crippen LogP contribution in [0, 0.1) is 12.7 Å². The smallest absolute Gasteiger partial charge is 0.425 e. The van der Waals surface area contributed by atoms with Crippen LogP contribution in [0.1, 0.15) is 90.5 Å². The van der Waals surface area contributed by atoms with E-state index in [0.717, 1.165) is 17.3 Å². The van der Waals surface area contributed by atoms with Gasteiger partial charge in [0, 0.05) is 41.7 Å². The van der Waals surface area contributed by atoms with Crippen LogP contribution in [0.5, 0.6) is 0 Å². The minimum absolute atomic E-state index is 0.00727. The third-order valence-electron chi connectivity index (χ3n) is 8.66. The Morgan fingerprint density at radius 2 is 1.45 bits per heavy atom. The number of rotatable bonds is 12. The first-order valence-electron chi connectivity index (χ1n) is 19.7. The monoisotopic (exact) mass is 831 g/mol. The number of ether oxygens (including phenoxy) is 4. The lowest BCUT2D eigenvalue weighted by Crippen LogP contribution is -2.44. The van der Waals surface area contributed by atoms with E-state index in [1.54, 1.807) is 72.9 Å². The van der Waals surface area contributed by atoms with Gasteiger partial charge in [-0.1, -0.05) is 51.1 Å². The Labute approximate surface area is 351 Å². The quantitative estimate of drug-likeness (QED) is 0.103. The molecule has 4 aromatic rings. The second kappa shape index (κ2) is 21.1. The maximum Gasteiger partial charge on any atom is 0.425 e. The van der Waals surface area contributed by atoms with Crippen molar-refractivity contribution in [2.75, 3.05) is 42.8 Å². The van der Waals surface area contributed by atoms with Crippen molar-refractivity contribution in [1.82, 2.24) is 9.88 Å². The number of hydrogen-bond donors (Lipinski definition) is 2. The van der Waals surface area contributed by atoms with Crippen molar-refractivity contribution in [2.45, 2.75) is 99.3 Å². The van der Waals surface area contributed by atoms with Gasteiger partial charge in [-0.3, -0.25) is 14.9 Å². The molecule has 3 aromatic carbocycles. The first kappa shape index (κ1) is 48.1. The molecule has 1 heterocycles. The number of likely N-dealkylation sites (N-methyl/N-ethyl adjacent to an activating group) is 1. The number of carbonyl (C=O) groups excluding carboxylic acids is 5. The summed E-state index contributed by atoms with van der Waals surface area (Å²) >= 11 is 0.